The van der Waals surface area contributed by atoms with Crippen molar-refractivity contribution in [3.63, 3.8) is 0 Å². The van der Waals surface area contributed by atoms with Crippen LogP contribution in [0.5, 0.6) is 0 Å². The van der Waals surface area contributed by atoms with Crippen molar-refractivity contribution >= 4 is 33.0 Å². The minimum Gasteiger partial charge on any atom is -0.308 e. The molecule has 0 radical (unpaired) electrons. The van der Waals surface area contributed by atoms with E-state index in [2.05, 4.69) is 10.2 Å². The van der Waals surface area contributed by atoms with Crippen molar-refractivity contribution in [2.75, 3.05) is 0 Å². The highest BCUT2D eigenvalue weighted by Gasteiger charge is 2.23. The summed E-state index contributed by atoms with van der Waals surface area (Å²) in [6.07, 6.45) is 1.32. The first-order valence-electron chi connectivity index (χ1n) is 4.91. The second-order valence-electron chi connectivity index (χ2n) is 3.68. The molecule has 0 saturated carbocycles. The summed E-state index contributed by atoms with van der Waals surface area (Å²) < 4.78 is 25.6. The number of hydrogen-bond donors (Lipinski definition) is 0. The lowest BCUT2D eigenvalue weighted by Gasteiger charge is -2.07. The summed E-state index contributed by atoms with van der Waals surface area (Å²) in [6.45, 7) is 0. The highest BCUT2D eigenvalue weighted by Crippen LogP contribution is 2.27. The molecule has 0 aliphatic carbocycles. The monoisotopic (exact) mass is 305 g/mol. The third-order valence-electron chi connectivity index (χ3n) is 2.34. The number of rotatable bonds is 3. The van der Waals surface area contributed by atoms with Gasteiger partial charge >= 0.3 is 0 Å². The molecular weight excluding hydrogens is 297 g/mol. The van der Waals surface area contributed by atoms with Gasteiger partial charge in [0.25, 0.3) is 0 Å². The summed E-state index contributed by atoms with van der Waals surface area (Å²) in [5.74, 6) is -0.308. The van der Waals surface area contributed by atoms with E-state index in [0.29, 0.717) is 15.6 Å². The Hall–Kier alpha value is -1.11. The Balaban J connectivity index is 2.44. The summed E-state index contributed by atoms with van der Waals surface area (Å²) in [5, 5.41) is 7.64. The third kappa shape index (κ3) is 2.50. The molecule has 5 nitrogen and oxygen atoms in total. The maximum absolute atomic E-state index is 12.1. The fourth-order valence-corrected chi connectivity index (χ4v) is 3.65. The Morgan fingerprint density at radius 3 is 2.39 bits per heavy atom. The van der Waals surface area contributed by atoms with E-state index >= 15 is 0 Å². The Kier molecular flexibility index (Phi) is 3.61. The fourth-order valence-electron chi connectivity index (χ4n) is 1.48. The molecule has 0 atom stereocenters. The van der Waals surface area contributed by atoms with Crippen LogP contribution in [-0.4, -0.2) is 23.2 Å². The van der Waals surface area contributed by atoms with E-state index in [4.69, 9.17) is 23.2 Å². The zero-order valence-corrected chi connectivity index (χ0v) is 11.7. The maximum atomic E-state index is 12.1. The smallest absolute Gasteiger partial charge is 0.249 e. The van der Waals surface area contributed by atoms with Gasteiger partial charge < -0.3 is 4.57 Å². The zero-order valence-electron chi connectivity index (χ0n) is 9.34. The molecule has 2 aromatic rings. The molecule has 0 bridgehead atoms. The Morgan fingerprint density at radius 2 is 1.89 bits per heavy atom. The van der Waals surface area contributed by atoms with Gasteiger partial charge in [-0.3, -0.25) is 0 Å². The van der Waals surface area contributed by atoms with Crippen LogP contribution in [0.25, 0.3) is 0 Å². The standard InChI is InChI=1S/C10H9Cl2N3O2S/c1-15-6-13-14-10(15)18(16,17)5-7-8(11)3-2-4-9(7)12/h2-4,6H,5H2,1H3. The van der Waals surface area contributed by atoms with Crippen molar-refractivity contribution in [1.82, 2.24) is 14.8 Å². The molecule has 0 spiro atoms. The van der Waals surface area contributed by atoms with Crippen LogP contribution >= 0.6 is 23.2 Å². The Morgan fingerprint density at radius 1 is 1.28 bits per heavy atom. The SMILES string of the molecule is Cn1cnnc1S(=O)(=O)Cc1c(Cl)cccc1Cl. The van der Waals surface area contributed by atoms with Crippen molar-refractivity contribution in [2.24, 2.45) is 7.05 Å². The predicted octanol–water partition coefficient (Wildman–Crippen LogP) is 2.10. The average Bonchev–Trinajstić information content (AvgIpc) is 2.71. The summed E-state index contributed by atoms with van der Waals surface area (Å²) in [7, 11) is -2.07. The Bertz CT molecular complexity index is 662. The topological polar surface area (TPSA) is 64.8 Å². The molecular formula is C10H9Cl2N3O2S. The minimum absolute atomic E-state index is 0.113. The van der Waals surface area contributed by atoms with E-state index in [1.807, 2.05) is 0 Å². The molecule has 0 saturated heterocycles. The first kappa shape index (κ1) is 13.3. The summed E-state index contributed by atoms with van der Waals surface area (Å²) >= 11 is 11.9. The van der Waals surface area contributed by atoms with Crippen molar-refractivity contribution in [3.8, 4) is 0 Å². The van der Waals surface area contributed by atoms with E-state index in [1.54, 1.807) is 25.2 Å². The van der Waals surface area contributed by atoms with Crippen LogP contribution in [0.3, 0.4) is 0 Å². The normalized spacial score (nSPS) is 11.7. The first-order valence-corrected chi connectivity index (χ1v) is 7.32. The number of aryl methyl sites for hydroxylation is 1. The predicted molar refractivity (Wildman–Crippen MR) is 68.4 cm³/mol. The molecule has 2 rings (SSSR count). The molecule has 1 heterocycles. The van der Waals surface area contributed by atoms with Gasteiger partial charge in [0.2, 0.25) is 15.0 Å². The molecule has 1 aromatic carbocycles. The van der Waals surface area contributed by atoms with E-state index < -0.39 is 9.84 Å². The second kappa shape index (κ2) is 4.87. The number of aromatic nitrogens is 3. The summed E-state index contributed by atoms with van der Waals surface area (Å²) in [5.41, 5.74) is 0.365. The molecule has 18 heavy (non-hydrogen) atoms. The van der Waals surface area contributed by atoms with E-state index in [9.17, 15) is 8.42 Å². The second-order valence-corrected chi connectivity index (χ2v) is 6.38. The highest BCUT2D eigenvalue weighted by atomic mass is 35.5. The van der Waals surface area contributed by atoms with Gasteiger partial charge in [-0.1, -0.05) is 29.3 Å². The van der Waals surface area contributed by atoms with Gasteiger partial charge in [-0.15, -0.1) is 10.2 Å². The van der Waals surface area contributed by atoms with Gasteiger partial charge in [0.15, 0.2) is 0 Å². The van der Waals surface area contributed by atoms with Crippen LogP contribution in [0.1, 0.15) is 5.56 Å². The summed E-state index contributed by atoms with van der Waals surface area (Å²) in [6, 6.07) is 4.84. The van der Waals surface area contributed by atoms with E-state index in [1.165, 1.54) is 10.9 Å². The van der Waals surface area contributed by atoms with E-state index in [0.717, 1.165) is 0 Å². The fraction of sp³-hybridized carbons (Fsp3) is 0.200. The molecule has 8 heteroatoms. The van der Waals surface area contributed by atoms with Crippen LogP contribution in [0.4, 0.5) is 0 Å². The molecule has 0 fully saturated rings. The van der Waals surface area contributed by atoms with Gasteiger partial charge in [-0.2, -0.15) is 0 Å². The van der Waals surface area contributed by atoms with Crippen LogP contribution in [-0.2, 0) is 22.6 Å². The highest BCUT2D eigenvalue weighted by molar-refractivity contribution is 7.90. The van der Waals surface area contributed by atoms with Gasteiger partial charge in [-0.25, -0.2) is 8.42 Å². The zero-order chi connectivity index (χ0) is 13.3. The minimum atomic E-state index is -3.63. The van der Waals surface area contributed by atoms with Crippen LogP contribution in [0.2, 0.25) is 10.0 Å². The van der Waals surface area contributed by atoms with Crippen LogP contribution in [0, 0.1) is 0 Å². The molecule has 0 unspecified atom stereocenters. The molecule has 0 amide bonds. The molecule has 0 aliphatic heterocycles. The average molecular weight is 306 g/mol. The number of hydrogen-bond acceptors (Lipinski definition) is 4. The van der Waals surface area contributed by atoms with Crippen molar-refractivity contribution in [1.29, 1.82) is 0 Å². The first-order chi connectivity index (χ1) is 8.42. The number of halogens is 2. The number of benzene rings is 1. The molecule has 0 aliphatic rings. The molecule has 96 valence electrons. The quantitative estimate of drug-likeness (QED) is 0.871. The van der Waals surface area contributed by atoms with Gasteiger partial charge in [0, 0.05) is 22.7 Å². The number of sulfone groups is 1. The largest absolute Gasteiger partial charge is 0.308 e. The van der Waals surface area contributed by atoms with Crippen LogP contribution < -0.4 is 0 Å². The Labute approximate surface area is 114 Å². The maximum Gasteiger partial charge on any atom is 0.249 e. The van der Waals surface area contributed by atoms with Gasteiger partial charge in [-0.05, 0) is 12.1 Å². The van der Waals surface area contributed by atoms with Gasteiger partial charge in [0.05, 0.1) is 5.75 Å². The van der Waals surface area contributed by atoms with Crippen molar-refractivity contribution in [2.45, 2.75) is 10.9 Å². The lowest BCUT2D eigenvalue weighted by atomic mass is 10.2. The van der Waals surface area contributed by atoms with Gasteiger partial charge in [0.1, 0.15) is 6.33 Å². The van der Waals surface area contributed by atoms with E-state index in [-0.39, 0.29) is 10.9 Å². The third-order valence-corrected chi connectivity index (χ3v) is 4.65. The lowest BCUT2D eigenvalue weighted by Crippen LogP contribution is -2.11. The van der Waals surface area contributed by atoms with Crippen molar-refractivity contribution in [3.05, 3.63) is 40.1 Å². The van der Waals surface area contributed by atoms with Crippen LogP contribution in [0.15, 0.2) is 29.7 Å². The molecule has 0 N–H and O–H groups in total. The molecule has 1 aromatic heterocycles. The number of nitrogens with zero attached hydrogens (tertiary/aromatic N) is 3. The van der Waals surface area contributed by atoms with Crippen molar-refractivity contribution < 1.29 is 8.42 Å². The lowest BCUT2D eigenvalue weighted by molar-refractivity contribution is 0.577. The summed E-state index contributed by atoms with van der Waals surface area (Å²) in [4.78, 5) is 0.